The monoisotopic (exact) mass is 431 g/mol. The lowest BCUT2D eigenvalue weighted by Crippen LogP contribution is -2.38. The van der Waals surface area contributed by atoms with Gasteiger partial charge in [-0.15, -0.1) is 5.10 Å². The first kappa shape index (κ1) is 21.9. The topological polar surface area (TPSA) is 106 Å². The first-order chi connectivity index (χ1) is 14.3. The quantitative estimate of drug-likeness (QED) is 0.548. The van der Waals surface area contributed by atoms with Crippen LogP contribution < -0.4 is 5.32 Å². The summed E-state index contributed by atoms with van der Waals surface area (Å²) in [6, 6.07) is 12.3. The summed E-state index contributed by atoms with van der Waals surface area (Å²) in [5.41, 5.74) is 3.22. The van der Waals surface area contributed by atoms with Crippen LogP contribution in [0.4, 0.5) is 0 Å². The molecular formula is C20H25N5O4S. The van der Waals surface area contributed by atoms with Crippen LogP contribution in [0.15, 0.2) is 47.4 Å². The largest absolute Gasteiger partial charge is 0.383 e. The maximum atomic E-state index is 12.9. The van der Waals surface area contributed by atoms with Crippen molar-refractivity contribution in [2.24, 2.45) is 0 Å². The van der Waals surface area contributed by atoms with Crippen molar-refractivity contribution in [3.8, 4) is 0 Å². The summed E-state index contributed by atoms with van der Waals surface area (Å²) in [4.78, 5) is 12.3. The number of hydrogen-bond donors (Lipinski definition) is 1. The standard InChI is InChI=1S/C20H25N5O4S/c1-15-6-4-5-7-16(15)13-21-20(26)14-24(2)30(27,28)17-8-9-19-18(12-17)22-23-25(19)10-11-29-3/h4-9,12H,10-11,13-14H2,1-3H3,(H,21,26). The van der Waals surface area contributed by atoms with E-state index < -0.39 is 10.0 Å². The third kappa shape index (κ3) is 4.84. The lowest BCUT2D eigenvalue weighted by molar-refractivity contribution is -0.121. The van der Waals surface area contributed by atoms with Gasteiger partial charge in [-0.25, -0.2) is 13.1 Å². The number of fused-ring (bicyclic) bond motifs is 1. The minimum Gasteiger partial charge on any atom is -0.383 e. The van der Waals surface area contributed by atoms with Crippen molar-refractivity contribution in [3.63, 3.8) is 0 Å². The first-order valence-corrected chi connectivity index (χ1v) is 10.9. The third-order valence-electron chi connectivity index (χ3n) is 4.80. The van der Waals surface area contributed by atoms with Gasteiger partial charge in [0, 0.05) is 20.7 Å². The molecule has 0 aliphatic carbocycles. The Bertz CT molecular complexity index is 1140. The second-order valence-electron chi connectivity index (χ2n) is 6.92. The number of sulfonamides is 1. The van der Waals surface area contributed by atoms with Gasteiger partial charge in [0.1, 0.15) is 5.52 Å². The molecule has 1 N–H and O–H groups in total. The van der Waals surface area contributed by atoms with E-state index in [2.05, 4.69) is 15.6 Å². The molecule has 2 aromatic carbocycles. The van der Waals surface area contributed by atoms with Crippen LogP contribution in [-0.4, -0.2) is 60.9 Å². The van der Waals surface area contributed by atoms with Crippen LogP contribution in [0.1, 0.15) is 11.1 Å². The fraction of sp³-hybridized carbons (Fsp3) is 0.350. The van der Waals surface area contributed by atoms with Gasteiger partial charge >= 0.3 is 0 Å². The van der Waals surface area contributed by atoms with Crippen LogP contribution in [0.2, 0.25) is 0 Å². The van der Waals surface area contributed by atoms with Crippen LogP contribution in [0.5, 0.6) is 0 Å². The highest BCUT2D eigenvalue weighted by molar-refractivity contribution is 7.89. The van der Waals surface area contributed by atoms with E-state index in [9.17, 15) is 13.2 Å². The maximum absolute atomic E-state index is 12.9. The number of hydrogen-bond acceptors (Lipinski definition) is 6. The van der Waals surface area contributed by atoms with E-state index in [1.165, 1.54) is 19.2 Å². The van der Waals surface area contributed by atoms with Gasteiger partial charge in [-0.3, -0.25) is 4.79 Å². The van der Waals surface area contributed by atoms with Crippen molar-refractivity contribution in [2.75, 3.05) is 27.3 Å². The molecule has 0 radical (unpaired) electrons. The molecule has 0 saturated carbocycles. The van der Waals surface area contributed by atoms with Gasteiger partial charge in [-0.2, -0.15) is 4.31 Å². The van der Waals surface area contributed by atoms with Crippen LogP contribution in [0.3, 0.4) is 0 Å². The van der Waals surface area contributed by atoms with Gasteiger partial charge in [0.25, 0.3) is 0 Å². The third-order valence-corrected chi connectivity index (χ3v) is 6.60. The number of nitrogens with zero attached hydrogens (tertiary/aromatic N) is 4. The van der Waals surface area contributed by atoms with Gasteiger partial charge in [-0.1, -0.05) is 29.5 Å². The molecule has 30 heavy (non-hydrogen) atoms. The Kier molecular flexibility index (Phi) is 6.80. The van der Waals surface area contributed by atoms with Crippen LogP contribution >= 0.6 is 0 Å². The number of carbonyl (C=O) groups excluding carboxylic acids is 1. The molecule has 0 saturated heterocycles. The van der Waals surface area contributed by atoms with Gasteiger partial charge in [0.15, 0.2) is 0 Å². The summed E-state index contributed by atoms with van der Waals surface area (Å²) < 4.78 is 33.5. The summed E-state index contributed by atoms with van der Waals surface area (Å²) in [5.74, 6) is -0.379. The number of benzene rings is 2. The number of likely N-dealkylation sites (N-methyl/N-ethyl adjacent to an activating group) is 1. The molecule has 0 bridgehead atoms. The Morgan fingerprint density at radius 1 is 1.23 bits per heavy atom. The highest BCUT2D eigenvalue weighted by atomic mass is 32.2. The molecule has 10 heteroatoms. The summed E-state index contributed by atoms with van der Waals surface area (Å²) in [7, 11) is -0.882. The van der Waals surface area contributed by atoms with Crippen molar-refractivity contribution in [2.45, 2.75) is 24.9 Å². The highest BCUT2D eigenvalue weighted by Crippen LogP contribution is 2.20. The summed E-state index contributed by atoms with van der Waals surface area (Å²) in [6.07, 6.45) is 0. The zero-order valence-corrected chi connectivity index (χ0v) is 18.0. The Balaban J connectivity index is 1.68. The molecule has 3 rings (SSSR count). The summed E-state index contributed by atoms with van der Waals surface area (Å²) in [5, 5.41) is 10.8. The minimum atomic E-state index is -3.85. The normalized spacial score (nSPS) is 11.9. The van der Waals surface area contributed by atoms with Gasteiger partial charge < -0.3 is 10.1 Å². The molecule has 0 aliphatic heterocycles. The van der Waals surface area contributed by atoms with E-state index in [0.29, 0.717) is 30.7 Å². The van der Waals surface area contributed by atoms with E-state index in [-0.39, 0.29) is 17.3 Å². The summed E-state index contributed by atoms with van der Waals surface area (Å²) in [6.45, 7) is 3.00. The number of rotatable bonds is 9. The van der Waals surface area contributed by atoms with Crippen LogP contribution in [-0.2, 0) is 32.6 Å². The number of nitrogens with one attached hydrogen (secondary N) is 1. The fourth-order valence-corrected chi connectivity index (χ4v) is 4.13. The number of aromatic nitrogens is 3. The number of methoxy groups -OCH3 is 1. The lowest BCUT2D eigenvalue weighted by atomic mass is 10.1. The molecule has 160 valence electrons. The van der Waals surface area contributed by atoms with Crippen molar-refractivity contribution in [1.82, 2.24) is 24.6 Å². The molecular weight excluding hydrogens is 406 g/mol. The molecule has 9 nitrogen and oxygen atoms in total. The lowest BCUT2D eigenvalue weighted by Gasteiger charge is -2.17. The average Bonchev–Trinajstić information content (AvgIpc) is 3.13. The molecule has 0 atom stereocenters. The molecule has 3 aromatic rings. The molecule has 1 aromatic heterocycles. The Labute approximate surface area is 175 Å². The second-order valence-corrected chi connectivity index (χ2v) is 8.97. The highest BCUT2D eigenvalue weighted by Gasteiger charge is 2.24. The van der Waals surface area contributed by atoms with Gasteiger partial charge in [-0.05, 0) is 36.2 Å². The number of carbonyl (C=O) groups is 1. The molecule has 0 fully saturated rings. The Hall–Kier alpha value is -2.82. The van der Waals surface area contributed by atoms with E-state index >= 15 is 0 Å². The van der Waals surface area contributed by atoms with E-state index in [0.717, 1.165) is 15.4 Å². The zero-order chi connectivity index (χ0) is 21.7. The maximum Gasteiger partial charge on any atom is 0.243 e. The zero-order valence-electron chi connectivity index (χ0n) is 17.2. The second kappa shape index (κ2) is 9.33. The van der Waals surface area contributed by atoms with Crippen LogP contribution in [0, 0.1) is 6.92 Å². The fourth-order valence-electron chi connectivity index (χ4n) is 2.98. The Morgan fingerprint density at radius 2 is 2.00 bits per heavy atom. The predicted octanol–water partition coefficient (Wildman–Crippen LogP) is 1.32. The molecule has 1 heterocycles. The van der Waals surface area contributed by atoms with Gasteiger partial charge in [0.2, 0.25) is 15.9 Å². The first-order valence-electron chi connectivity index (χ1n) is 9.42. The molecule has 0 unspecified atom stereocenters. The average molecular weight is 432 g/mol. The van der Waals surface area contributed by atoms with Crippen LogP contribution in [0.25, 0.3) is 11.0 Å². The minimum absolute atomic E-state index is 0.0583. The predicted molar refractivity (Wildman–Crippen MR) is 112 cm³/mol. The van der Waals surface area contributed by atoms with Crippen molar-refractivity contribution in [1.29, 1.82) is 0 Å². The smallest absolute Gasteiger partial charge is 0.243 e. The van der Waals surface area contributed by atoms with Gasteiger partial charge in [0.05, 0.1) is 30.1 Å². The number of ether oxygens (including phenoxy) is 1. The van der Waals surface area contributed by atoms with E-state index in [1.54, 1.807) is 17.9 Å². The molecule has 0 aliphatic rings. The SMILES string of the molecule is COCCn1nnc2cc(S(=O)(=O)N(C)CC(=O)NCc3ccccc3C)ccc21. The molecule has 0 spiro atoms. The van der Waals surface area contributed by atoms with E-state index in [4.69, 9.17) is 4.74 Å². The Morgan fingerprint density at radius 3 is 2.73 bits per heavy atom. The van der Waals surface area contributed by atoms with Crippen molar-refractivity contribution >= 4 is 27.0 Å². The number of aryl methyl sites for hydroxylation is 1. The van der Waals surface area contributed by atoms with E-state index in [1.807, 2.05) is 31.2 Å². The summed E-state index contributed by atoms with van der Waals surface area (Å²) >= 11 is 0. The van der Waals surface area contributed by atoms with Crippen molar-refractivity contribution < 1.29 is 17.9 Å². The van der Waals surface area contributed by atoms with Crippen molar-refractivity contribution in [3.05, 3.63) is 53.6 Å². The molecule has 1 amide bonds. The number of amides is 1.